The van der Waals surface area contributed by atoms with Gasteiger partial charge in [-0.1, -0.05) is 19.9 Å². The molecule has 0 spiro atoms. The van der Waals surface area contributed by atoms with Crippen molar-refractivity contribution in [3.63, 3.8) is 0 Å². The summed E-state index contributed by atoms with van der Waals surface area (Å²) in [5.41, 5.74) is 9.00. The van der Waals surface area contributed by atoms with E-state index < -0.39 is 0 Å². The lowest BCUT2D eigenvalue weighted by Crippen LogP contribution is -2.32. The molecule has 0 aromatic carbocycles. The molecule has 0 bridgehead atoms. The summed E-state index contributed by atoms with van der Waals surface area (Å²) in [6, 6.07) is 4.55. The monoisotopic (exact) mass is 204 g/mol. The Bertz CT molecular complexity index is 325. The molecule has 1 atom stereocenters. The minimum atomic E-state index is 0.275. The molecule has 2 N–H and O–H groups in total. The predicted molar refractivity (Wildman–Crippen MR) is 62.6 cm³/mol. The number of hydrogen-bond donors (Lipinski definition) is 1. The van der Waals surface area contributed by atoms with Crippen molar-refractivity contribution in [1.29, 1.82) is 0 Å². The maximum absolute atomic E-state index is 6.18. The van der Waals surface area contributed by atoms with E-state index in [1.54, 1.807) is 0 Å². The van der Waals surface area contributed by atoms with Gasteiger partial charge in [-0.3, -0.25) is 4.98 Å². The van der Waals surface area contributed by atoms with Gasteiger partial charge in [0.25, 0.3) is 0 Å². The van der Waals surface area contributed by atoms with E-state index in [-0.39, 0.29) is 6.04 Å². The first-order chi connectivity index (χ1) is 7.14. The molecule has 1 heterocycles. The Balaban J connectivity index is 1.98. The molecule has 1 fully saturated rings. The average molecular weight is 204 g/mol. The van der Waals surface area contributed by atoms with Crippen LogP contribution in [0.15, 0.2) is 18.3 Å². The first-order valence-electron chi connectivity index (χ1n) is 5.83. The van der Waals surface area contributed by atoms with Crippen LogP contribution in [0.4, 0.5) is 0 Å². The van der Waals surface area contributed by atoms with Crippen molar-refractivity contribution in [3.05, 3.63) is 29.6 Å². The average Bonchev–Trinajstić information content (AvgIpc) is 2.99. The van der Waals surface area contributed by atoms with E-state index >= 15 is 0 Å². The van der Waals surface area contributed by atoms with Crippen LogP contribution in [0.3, 0.4) is 0 Å². The van der Waals surface area contributed by atoms with Crippen LogP contribution in [0.25, 0.3) is 0 Å². The molecule has 1 aliphatic carbocycles. The van der Waals surface area contributed by atoms with Gasteiger partial charge in [0.1, 0.15) is 0 Å². The molecular formula is C13H20N2. The highest BCUT2D eigenvalue weighted by molar-refractivity contribution is 5.15. The molecule has 0 saturated heterocycles. The van der Waals surface area contributed by atoms with Gasteiger partial charge in [0, 0.05) is 24.4 Å². The lowest BCUT2D eigenvalue weighted by Gasteiger charge is -2.18. The third-order valence-electron chi connectivity index (χ3n) is 3.66. The summed E-state index contributed by atoms with van der Waals surface area (Å²) < 4.78 is 0. The van der Waals surface area contributed by atoms with Crippen LogP contribution >= 0.6 is 0 Å². The van der Waals surface area contributed by atoms with E-state index in [1.807, 2.05) is 6.20 Å². The van der Waals surface area contributed by atoms with E-state index in [0.717, 1.165) is 18.5 Å². The largest absolute Gasteiger partial charge is 0.327 e. The highest BCUT2D eigenvalue weighted by Gasteiger charge is 2.42. The standard InChI is InChI=1S/C13H20N2/c1-3-10-4-5-11(15-9-10)8-12(14)13(2)6-7-13/h4-5,9,12H,3,6-8,14H2,1-2H3. The van der Waals surface area contributed by atoms with Gasteiger partial charge in [0.2, 0.25) is 0 Å². The zero-order valence-electron chi connectivity index (χ0n) is 9.66. The fourth-order valence-electron chi connectivity index (χ4n) is 1.82. The number of nitrogens with zero attached hydrogens (tertiary/aromatic N) is 1. The Morgan fingerprint density at radius 3 is 2.67 bits per heavy atom. The van der Waals surface area contributed by atoms with Gasteiger partial charge in [0.15, 0.2) is 0 Å². The second-order valence-corrected chi connectivity index (χ2v) is 4.98. The third kappa shape index (κ3) is 2.37. The van der Waals surface area contributed by atoms with E-state index in [2.05, 4.69) is 31.0 Å². The van der Waals surface area contributed by atoms with E-state index in [4.69, 9.17) is 5.73 Å². The summed E-state index contributed by atoms with van der Waals surface area (Å²) in [5, 5.41) is 0. The number of aromatic nitrogens is 1. The molecule has 1 aliphatic rings. The molecule has 0 amide bonds. The van der Waals surface area contributed by atoms with Crippen LogP contribution < -0.4 is 5.73 Å². The normalized spacial score (nSPS) is 19.9. The number of rotatable bonds is 4. The highest BCUT2D eigenvalue weighted by Crippen LogP contribution is 2.47. The maximum Gasteiger partial charge on any atom is 0.0419 e. The Morgan fingerprint density at radius 1 is 1.47 bits per heavy atom. The smallest absolute Gasteiger partial charge is 0.0419 e. The van der Waals surface area contributed by atoms with Crippen molar-refractivity contribution in [2.45, 2.75) is 45.6 Å². The van der Waals surface area contributed by atoms with Crippen molar-refractivity contribution in [3.8, 4) is 0 Å². The SMILES string of the molecule is CCc1ccc(CC(N)C2(C)CC2)nc1. The Labute approximate surface area is 91.9 Å². The molecule has 1 aromatic heterocycles. The van der Waals surface area contributed by atoms with Crippen LogP contribution in [0.2, 0.25) is 0 Å². The predicted octanol–water partition coefficient (Wildman–Crippen LogP) is 2.31. The van der Waals surface area contributed by atoms with Crippen LogP contribution in [0.5, 0.6) is 0 Å². The summed E-state index contributed by atoms with van der Waals surface area (Å²) in [5.74, 6) is 0. The zero-order valence-corrected chi connectivity index (χ0v) is 9.66. The van der Waals surface area contributed by atoms with E-state index in [9.17, 15) is 0 Å². The fraction of sp³-hybridized carbons (Fsp3) is 0.615. The highest BCUT2D eigenvalue weighted by atomic mass is 14.8. The third-order valence-corrected chi connectivity index (χ3v) is 3.66. The van der Waals surface area contributed by atoms with Gasteiger partial charge in [0.05, 0.1) is 0 Å². The molecule has 2 rings (SSSR count). The fourth-order valence-corrected chi connectivity index (χ4v) is 1.82. The van der Waals surface area contributed by atoms with Gasteiger partial charge in [-0.2, -0.15) is 0 Å². The number of nitrogens with two attached hydrogens (primary N) is 1. The quantitative estimate of drug-likeness (QED) is 0.817. The lowest BCUT2D eigenvalue weighted by molar-refractivity contribution is 0.430. The zero-order chi connectivity index (χ0) is 10.9. The molecule has 15 heavy (non-hydrogen) atoms. The van der Waals surface area contributed by atoms with Crippen LogP contribution in [0.1, 0.15) is 37.9 Å². The van der Waals surface area contributed by atoms with Crippen LogP contribution in [0, 0.1) is 5.41 Å². The van der Waals surface area contributed by atoms with Crippen LogP contribution in [-0.2, 0) is 12.8 Å². The summed E-state index contributed by atoms with van der Waals surface area (Å²) in [7, 11) is 0. The topological polar surface area (TPSA) is 38.9 Å². The summed E-state index contributed by atoms with van der Waals surface area (Å²) in [6.45, 7) is 4.42. The minimum Gasteiger partial charge on any atom is -0.327 e. The van der Waals surface area contributed by atoms with Gasteiger partial charge in [-0.05, 0) is 36.3 Å². The number of hydrogen-bond acceptors (Lipinski definition) is 2. The van der Waals surface area contributed by atoms with E-state index in [0.29, 0.717) is 5.41 Å². The molecule has 0 radical (unpaired) electrons. The van der Waals surface area contributed by atoms with Crippen molar-refractivity contribution in [2.24, 2.45) is 11.1 Å². The second-order valence-electron chi connectivity index (χ2n) is 4.98. The van der Waals surface area contributed by atoms with Gasteiger partial charge in [-0.25, -0.2) is 0 Å². The van der Waals surface area contributed by atoms with Gasteiger partial charge < -0.3 is 5.73 Å². The van der Waals surface area contributed by atoms with Crippen LogP contribution in [-0.4, -0.2) is 11.0 Å². The Hall–Kier alpha value is -0.890. The maximum atomic E-state index is 6.18. The summed E-state index contributed by atoms with van der Waals surface area (Å²) in [6.07, 6.45) is 6.50. The second kappa shape index (κ2) is 3.93. The summed E-state index contributed by atoms with van der Waals surface area (Å²) >= 11 is 0. The minimum absolute atomic E-state index is 0.275. The summed E-state index contributed by atoms with van der Waals surface area (Å²) in [4.78, 5) is 4.45. The molecule has 1 unspecified atom stereocenters. The lowest BCUT2D eigenvalue weighted by atomic mass is 9.95. The van der Waals surface area contributed by atoms with Gasteiger partial charge >= 0.3 is 0 Å². The Morgan fingerprint density at radius 2 is 2.20 bits per heavy atom. The van der Waals surface area contributed by atoms with Crippen molar-refractivity contribution < 1.29 is 0 Å². The molecule has 0 aliphatic heterocycles. The number of pyridine rings is 1. The molecule has 2 heteroatoms. The molecule has 82 valence electrons. The van der Waals surface area contributed by atoms with E-state index in [1.165, 1.54) is 18.4 Å². The molecule has 1 aromatic rings. The first kappa shape index (κ1) is 10.6. The number of aryl methyl sites for hydroxylation is 1. The first-order valence-corrected chi connectivity index (χ1v) is 5.83. The molecule has 2 nitrogen and oxygen atoms in total. The van der Waals surface area contributed by atoms with Crippen molar-refractivity contribution >= 4 is 0 Å². The van der Waals surface area contributed by atoms with Crippen molar-refractivity contribution in [2.75, 3.05) is 0 Å². The van der Waals surface area contributed by atoms with Gasteiger partial charge in [-0.15, -0.1) is 0 Å². The molecular weight excluding hydrogens is 184 g/mol. The van der Waals surface area contributed by atoms with Crippen molar-refractivity contribution in [1.82, 2.24) is 4.98 Å². The molecule has 1 saturated carbocycles. The Kier molecular flexibility index (Phi) is 2.79.